The van der Waals surface area contributed by atoms with Gasteiger partial charge in [-0.05, 0) is 76.8 Å². The van der Waals surface area contributed by atoms with E-state index in [1.54, 1.807) is 26.8 Å². The minimum atomic E-state index is -1.00. The highest BCUT2D eigenvalue weighted by atomic mass is 32.1. The molecule has 2 aromatic rings. The van der Waals surface area contributed by atoms with Crippen molar-refractivity contribution in [2.45, 2.75) is 72.2 Å². The number of thiol groups is 1. The van der Waals surface area contributed by atoms with Crippen molar-refractivity contribution < 1.29 is 19.1 Å². The average Bonchev–Trinajstić information content (AvgIpc) is 2.81. The maximum Gasteiger partial charge on any atom is 0.408 e. The zero-order chi connectivity index (χ0) is 27.9. The van der Waals surface area contributed by atoms with Crippen LogP contribution in [0.3, 0.4) is 0 Å². The Balaban J connectivity index is 2.54. The van der Waals surface area contributed by atoms with Crippen LogP contribution in [0.4, 0.5) is 10.5 Å². The van der Waals surface area contributed by atoms with Crippen molar-refractivity contribution in [2.24, 2.45) is 0 Å². The molecule has 0 aromatic heterocycles. The molecule has 2 atom stereocenters. The van der Waals surface area contributed by atoms with E-state index in [0.717, 1.165) is 16.7 Å². The molecule has 8 heteroatoms. The minimum Gasteiger partial charge on any atom is -0.444 e. The highest BCUT2D eigenvalue weighted by Crippen LogP contribution is 2.29. The molecule has 2 rings (SSSR count). The molecule has 2 unspecified atom stereocenters. The van der Waals surface area contributed by atoms with Gasteiger partial charge in [0.05, 0.1) is 0 Å². The van der Waals surface area contributed by atoms with E-state index in [2.05, 4.69) is 29.8 Å². The van der Waals surface area contributed by atoms with Gasteiger partial charge >= 0.3 is 6.09 Å². The van der Waals surface area contributed by atoms with Gasteiger partial charge in [-0.1, -0.05) is 49.1 Å². The van der Waals surface area contributed by atoms with Gasteiger partial charge in [0, 0.05) is 17.5 Å². The molecule has 0 heterocycles. The highest BCUT2D eigenvalue weighted by molar-refractivity contribution is 7.80. The molecule has 0 aliphatic rings. The van der Waals surface area contributed by atoms with Crippen LogP contribution in [-0.2, 0) is 14.3 Å². The predicted octanol–water partition coefficient (Wildman–Crippen LogP) is 5.69. The molecular formula is C29H39N3O4S. The van der Waals surface area contributed by atoms with Crippen molar-refractivity contribution in [1.29, 1.82) is 0 Å². The first-order valence-corrected chi connectivity index (χ1v) is 12.9. The first-order chi connectivity index (χ1) is 17.3. The van der Waals surface area contributed by atoms with Crippen LogP contribution in [0, 0.1) is 13.8 Å². The second-order valence-corrected chi connectivity index (χ2v) is 10.6. The second kappa shape index (κ2) is 12.8. The molecule has 2 aromatic carbocycles. The molecule has 0 spiro atoms. The molecule has 37 heavy (non-hydrogen) atoms. The first kappa shape index (κ1) is 30.0. The third-order valence-electron chi connectivity index (χ3n) is 5.70. The van der Waals surface area contributed by atoms with Gasteiger partial charge in [0.2, 0.25) is 5.91 Å². The van der Waals surface area contributed by atoms with E-state index >= 15 is 0 Å². The first-order valence-electron chi connectivity index (χ1n) is 12.3. The lowest BCUT2D eigenvalue weighted by Crippen LogP contribution is -2.55. The Labute approximate surface area is 226 Å². The molecule has 2 N–H and O–H groups in total. The zero-order valence-corrected chi connectivity index (χ0v) is 23.7. The minimum absolute atomic E-state index is 0.0270. The standard InChI is InChI=1S/C29H39N3O4S/c1-9-21-14-11-15-22(16-21)25(26(33)31-24-19(4)12-10-13-20(24)5)32(18(2)3)27(34)23(17-37)30-28(35)36-29(6,7)8/h9-16,18,23,25,37H,1,17H2,2-8H3,(H,30,35)(H,31,33). The molecule has 200 valence electrons. The summed E-state index contributed by atoms with van der Waals surface area (Å²) in [4.78, 5) is 41.8. The molecule has 0 radical (unpaired) electrons. The number of hydrogen-bond donors (Lipinski definition) is 3. The molecule has 0 aliphatic carbocycles. The summed E-state index contributed by atoms with van der Waals surface area (Å²) in [5.74, 6) is -0.781. The number of benzene rings is 2. The molecule has 0 saturated carbocycles. The van der Waals surface area contributed by atoms with Gasteiger partial charge in [-0.15, -0.1) is 0 Å². The number of para-hydroxylation sites is 1. The van der Waals surface area contributed by atoms with E-state index in [0.29, 0.717) is 11.3 Å². The van der Waals surface area contributed by atoms with Crippen LogP contribution in [-0.4, -0.2) is 46.2 Å². The maximum absolute atomic E-state index is 13.9. The van der Waals surface area contributed by atoms with Crippen molar-refractivity contribution in [3.05, 3.63) is 71.3 Å². The van der Waals surface area contributed by atoms with E-state index < -0.39 is 29.7 Å². The number of alkyl carbamates (subject to hydrolysis) is 1. The number of nitrogens with one attached hydrogen (secondary N) is 2. The smallest absolute Gasteiger partial charge is 0.408 e. The summed E-state index contributed by atoms with van der Waals surface area (Å²) in [6.45, 7) is 16.6. The number of hydrogen-bond acceptors (Lipinski definition) is 5. The Morgan fingerprint density at radius 1 is 1.08 bits per heavy atom. The monoisotopic (exact) mass is 525 g/mol. The summed E-state index contributed by atoms with van der Waals surface area (Å²) in [7, 11) is 0. The molecular weight excluding hydrogens is 486 g/mol. The van der Waals surface area contributed by atoms with E-state index in [-0.39, 0.29) is 17.7 Å². The predicted molar refractivity (Wildman–Crippen MR) is 153 cm³/mol. The summed E-state index contributed by atoms with van der Waals surface area (Å²) in [5.41, 5.74) is 3.23. The number of rotatable bonds is 9. The zero-order valence-electron chi connectivity index (χ0n) is 22.8. The van der Waals surface area contributed by atoms with Gasteiger partial charge in [-0.2, -0.15) is 12.6 Å². The Morgan fingerprint density at radius 3 is 2.19 bits per heavy atom. The normalized spacial score (nSPS) is 12.9. The molecule has 3 amide bonds. The summed E-state index contributed by atoms with van der Waals surface area (Å²) >= 11 is 4.32. The third kappa shape index (κ3) is 8.12. The summed E-state index contributed by atoms with van der Waals surface area (Å²) < 4.78 is 5.34. The van der Waals surface area contributed by atoms with Crippen molar-refractivity contribution >= 4 is 42.3 Å². The second-order valence-electron chi connectivity index (χ2n) is 10.3. The molecule has 0 bridgehead atoms. The van der Waals surface area contributed by atoms with Crippen molar-refractivity contribution in [3.8, 4) is 0 Å². The Kier molecular flexibility index (Phi) is 10.4. The highest BCUT2D eigenvalue weighted by Gasteiger charge is 2.37. The molecule has 0 saturated heterocycles. The van der Waals surface area contributed by atoms with E-state index in [1.165, 1.54) is 4.90 Å². The fraction of sp³-hybridized carbons (Fsp3) is 0.414. The van der Waals surface area contributed by atoms with E-state index in [9.17, 15) is 14.4 Å². The van der Waals surface area contributed by atoms with Crippen molar-refractivity contribution in [2.75, 3.05) is 11.1 Å². The topological polar surface area (TPSA) is 87.7 Å². The SMILES string of the molecule is C=Cc1cccc(C(C(=O)Nc2c(C)cccc2C)N(C(=O)C(CS)NC(=O)OC(C)(C)C)C(C)C)c1. The number of carbonyl (C=O) groups excluding carboxylic acids is 3. The lowest BCUT2D eigenvalue weighted by Gasteiger charge is -2.37. The average molecular weight is 526 g/mol. The van der Waals surface area contributed by atoms with Crippen LogP contribution >= 0.6 is 12.6 Å². The van der Waals surface area contributed by atoms with Crippen molar-refractivity contribution in [3.63, 3.8) is 0 Å². The van der Waals surface area contributed by atoms with Gasteiger partial charge in [-0.25, -0.2) is 4.79 Å². The largest absolute Gasteiger partial charge is 0.444 e. The Hall–Kier alpha value is -3.26. The van der Waals surface area contributed by atoms with E-state index in [1.807, 2.05) is 70.2 Å². The van der Waals surface area contributed by atoms with Crippen LogP contribution in [0.2, 0.25) is 0 Å². The number of nitrogens with zero attached hydrogens (tertiary/aromatic N) is 1. The van der Waals surface area contributed by atoms with Crippen LogP contribution in [0.25, 0.3) is 6.08 Å². The molecule has 7 nitrogen and oxygen atoms in total. The lowest BCUT2D eigenvalue weighted by atomic mass is 9.98. The molecule has 0 aliphatic heterocycles. The van der Waals surface area contributed by atoms with Crippen LogP contribution in [0.15, 0.2) is 49.0 Å². The number of amides is 3. The Morgan fingerprint density at radius 2 is 1.68 bits per heavy atom. The number of ether oxygens (including phenoxy) is 1. The third-order valence-corrected chi connectivity index (χ3v) is 6.07. The van der Waals surface area contributed by atoms with Gasteiger partial charge in [0.15, 0.2) is 0 Å². The number of aryl methyl sites for hydroxylation is 2. The van der Waals surface area contributed by atoms with Gasteiger partial charge in [-0.3, -0.25) is 9.59 Å². The number of carbonyl (C=O) groups is 3. The van der Waals surface area contributed by atoms with Crippen molar-refractivity contribution in [1.82, 2.24) is 10.2 Å². The van der Waals surface area contributed by atoms with Gasteiger partial charge < -0.3 is 20.3 Å². The fourth-order valence-electron chi connectivity index (χ4n) is 3.99. The van der Waals surface area contributed by atoms with Crippen LogP contribution < -0.4 is 10.6 Å². The molecule has 0 fully saturated rings. The quantitative estimate of drug-likeness (QED) is 0.367. The summed E-state index contributed by atoms with van der Waals surface area (Å²) in [6.07, 6.45) is 0.959. The fourth-order valence-corrected chi connectivity index (χ4v) is 4.24. The van der Waals surface area contributed by atoms with Crippen LogP contribution in [0.5, 0.6) is 0 Å². The van der Waals surface area contributed by atoms with Gasteiger partial charge in [0.25, 0.3) is 5.91 Å². The summed E-state index contributed by atoms with van der Waals surface area (Å²) in [6, 6.07) is 10.7. The summed E-state index contributed by atoms with van der Waals surface area (Å²) in [5, 5.41) is 5.66. The van der Waals surface area contributed by atoms with Crippen LogP contribution in [0.1, 0.15) is 62.9 Å². The Bertz CT molecular complexity index is 1120. The lowest BCUT2D eigenvalue weighted by molar-refractivity contribution is -0.142. The number of anilines is 1. The van der Waals surface area contributed by atoms with Gasteiger partial charge in [0.1, 0.15) is 17.7 Å². The maximum atomic E-state index is 13.9. The van der Waals surface area contributed by atoms with E-state index in [4.69, 9.17) is 4.74 Å².